The summed E-state index contributed by atoms with van der Waals surface area (Å²) in [4.78, 5) is 21.9. The zero-order valence-corrected chi connectivity index (χ0v) is 19.0. The van der Waals surface area contributed by atoms with Gasteiger partial charge in [0, 0.05) is 45.9 Å². The van der Waals surface area contributed by atoms with Crippen LogP contribution in [0.3, 0.4) is 0 Å². The second-order valence-corrected chi connectivity index (χ2v) is 8.47. The van der Waals surface area contributed by atoms with Crippen LogP contribution in [0, 0.1) is 11.3 Å². The van der Waals surface area contributed by atoms with E-state index in [2.05, 4.69) is 17.1 Å². The normalized spacial score (nSPS) is 27.7. The number of guanidine groups is 1. The zero-order chi connectivity index (χ0) is 18.0. The van der Waals surface area contributed by atoms with E-state index in [0.29, 0.717) is 5.41 Å². The number of carbonyl (C=O) groups excluding carboxylic acids is 1. The summed E-state index contributed by atoms with van der Waals surface area (Å²) in [7, 11) is 0. The highest BCUT2D eigenvalue weighted by atomic mass is 127. The lowest BCUT2D eigenvalue weighted by molar-refractivity contribution is -0.142. The quantitative estimate of drug-likeness (QED) is 0.366. The van der Waals surface area contributed by atoms with Crippen LogP contribution in [-0.2, 0) is 9.53 Å². The van der Waals surface area contributed by atoms with E-state index in [1.807, 2.05) is 4.90 Å². The molecule has 154 valence electrons. The van der Waals surface area contributed by atoms with Gasteiger partial charge in [0.25, 0.3) is 5.91 Å². The highest BCUT2D eigenvalue weighted by Crippen LogP contribution is 2.57. The van der Waals surface area contributed by atoms with Crippen molar-refractivity contribution < 1.29 is 9.53 Å². The summed E-state index contributed by atoms with van der Waals surface area (Å²) in [5.74, 6) is 2.17. The van der Waals surface area contributed by atoms with E-state index < -0.39 is 0 Å². The maximum absolute atomic E-state index is 12.5. The molecule has 0 spiro atoms. The van der Waals surface area contributed by atoms with Crippen molar-refractivity contribution in [3.05, 3.63) is 0 Å². The molecule has 1 N–H and O–H groups in total. The van der Waals surface area contributed by atoms with Gasteiger partial charge in [-0.15, -0.1) is 24.0 Å². The molecule has 0 aromatic heterocycles. The van der Waals surface area contributed by atoms with Crippen LogP contribution < -0.4 is 5.32 Å². The van der Waals surface area contributed by atoms with E-state index in [0.717, 1.165) is 70.6 Å². The average molecular weight is 490 g/mol. The molecule has 1 atom stereocenters. The first-order chi connectivity index (χ1) is 12.7. The third-order valence-corrected chi connectivity index (χ3v) is 6.77. The summed E-state index contributed by atoms with van der Waals surface area (Å²) in [5.41, 5.74) is 0.512. The smallest absolute Gasteiger partial charge is 0.251 e. The van der Waals surface area contributed by atoms with Gasteiger partial charge in [0.15, 0.2) is 5.96 Å². The van der Waals surface area contributed by atoms with Crippen LogP contribution in [0.15, 0.2) is 4.99 Å². The molecule has 2 heterocycles. The van der Waals surface area contributed by atoms with Crippen LogP contribution in [0.25, 0.3) is 0 Å². The Morgan fingerprint density at radius 1 is 1.11 bits per heavy atom. The highest BCUT2D eigenvalue weighted by molar-refractivity contribution is 14.0. The Hall–Kier alpha value is -0.570. The van der Waals surface area contributed by atoms with Crippen molar-refractivity contribution in [2.75, 3.05) is 45.9 Å². The molecule has 4 aliphatic rings. The number of hydrogen-bond acceptors (Lipinski definition) is 3. The fourth-order valence-electron chi connectivity index (χ4n) is 4.79. The first-order valence-electron chi connectivity index (χ1n) is 10.7. The van der Waals surface area contributed by atoms with Gasteiger partial charge in [-0.2, -0.15) is 0 Å². The van der Waals surface area contributed by atoms with Crippen molar-refractivity contribution in [1.82, 2.24) is 15.1 Å². The van der Waals surface area contributed by atoms with Gasteiger partial charge < -0.3 is 19.9 Å². The first kappa shape index (κ1) is 21.1. The number of nitrogens with zero attached hydrogens (tertiary/aromatic N) is 3. The van der Waals surface area contributed by atoms with Crippen LogP contribution in [0.4, 0.5) is 0 Å². The van der Waals surface area contributed by atoms with Crippen molar-refractivity contribution in [2.24, 2.45) is 16.3 Å². The number of nitrogens with one attached hydrogen (secondary N) is 1. The number of carbonyl (C=O) groups is 1. The standard InChI is InChI=1S/C20H34N4O2.HI/c1-2-21-19(22-15-20(8-4-9-20)16-6-7-16)24-12-10-23(11-13-24)18(25)17-5-3-14-26-17;/h16-17H,2-15H2,1H3,(H,21,22);1H. The van der Waals surface area contributed by atoms with E-state index in [4.69, 9.17) is 9.73 Å². The minimum Gasteiger partial charge on any atom is -0.368 e. The topological polar surface area (TPSA) is 57.2 Å². The van der Waals surface area contributed by atoms with Gasteiger partial charge >= 0.3 is 0 Å². The lowest BCUT2D eigenvalue weighted by Crippen LogP contribution is -2.55. The zero-order valence-electron chi connectivity index (χ0n) is 16.6. The number of halogens is 1. The van der Waals surface area contributed by atoms with Crippen molar-refractivity contribution in [1.29, 1.82) is 0 Å². The Morgan fingerprint density at radius 2 is 1.81 bits per heavy atom. The molecule has 27 heavy (non-hydrogen) atoms. The van der Waals surface area contributed by atoms with E-state index in [-0.39, 0.29) is 36.0 Å². The third kappa shape index (κ3) is 4.71. The molecular formula is C20H35IN4O2. The van der Waals surface area contributed by atoms with Gasteiger partial charge in [-0.1, -0.05) is 6.42 Å². The fourth-order valence-corrected chi connectivity index (χ4v) is 4.79. The predicted molar refractivity (Wildman–Crippen MR) is 118 cm³/mol. The summed E-state index contributed by atoms with van der Waals surface area (Å²) >= 11 is 0. The third-order valence-electron chi connectivity index (χ3n) is 6.77. The molecule has 1 unspecified atom stereocenters. The van der Waals surface area contributed by atoms with Gasteiger partial charge in [-0.3, -0.25) is 9.79 Å². The number of aliphatic imine (C=N–C) groups is 1. The molecule has 1 amide bonds. The van der Waals surface area contributed by atoms with Crippen molar-refractivity contribution in [2.45, 2.75) is 58.0 Å². The molecule has 2 aliphatic carbocycles. The van der Waals surface area contributed by atoms with Crippen LogP contribution >= 0.6 is 24.0 Å². The van der Waals surface area contributed by atoms with Crippen molar-refractivity contribution in [3.63, 3.8) is 0 Å². The highest BCUT2D eigenvalue weighted by Gasteiger charge is 2.48. The Kier molecular flexibility index (Phi) is 7.27. The monoisotopic (exact) mass is 490 g/mol. The average Bonchev–Trinajstić information content (AvgIpc) is 3.33. The summed E-state index contributed by atoms with van der Waals surface area (Å²) in [6, 6.07) is 0. The maximum Gasteiger partial charge on any atom is 0.251 e. The molecule has 0 radical (unpaired) electrons. The predicted octanol–water partition coefficient (Wildman–Crippen LogP) is 2.47. The van der Waals surface area contributed by atoms with E-state index in [1.54, 1.807) is 0 Å². The largest absolute Gasteiger partial charge is 0.368 e. The molecule has 6 nitrogen and oxygen atoms in total. The fraction of sp³-hybridized carbons (Fsp3) is 0.900. The Labute approximate surface area is 180 Å². The molecule has 4 rings (SSSR count). The Bertz CT molecular complexity index is 534. The maximum atomic E-state index is 12.5. The van der Waals surface area contributed by atoms with Crippen LogP contribution in [0.2, 0.25) is 0 Å². The Balaban J connectivity index is 0.00000210. The second kappa shape index (κ2) is 9.29. The summed E-state index contributed by atoms with van der Waals surface area (Å²) in [5, 5.41) is 3.48. The molecule has 4 fully saturated rings. The molecule has 2 saturated heterocycles. The Morgan fingerprint density at radius 3 is 2.33 bits per heavy atom. The van der Waals surface area contributed by atoms with Gasteiger partial charge in [0.2, 0.25) is 0 Å². The number of rotatable bonds is 5. The van der Waals surface area contributed by atoms with Gasteiger partial charge in [0.05, 0.1) is 0 Å². The molecule has 2 saturated carbocycles. The summed E-state index contributed by atoms with van der Waals surface area (Å²) < 4.78 is 5.56. The van der Waals surface area contributed by atoms with Gasteiger partial charge in [-0.25, -0.2) is 0 Å². The minimum absolute atomic E-state index is 0. The number of piperazine rings is 1. The van der Waals surface area contributed by atoms with Crippen molar-refractivity contribution >= 4 is 35.8 Å². The molecule has 0 aromatic carbocycles. The van der Waals surface area contributed by atoms with Crippen molar-refractivity contribution in [3.8, 4) is 0 Å². The van der Waals surface area contributed by atoms with Crippen LogP contribution in [0.1, 0.15) is 51.9 Å². The van der Waals surface area contributed by atoms with E-state index in [1.165, 1.54) is 32.1 Å². The lowest BCUT2D eigenvalue weighted by atomic mass is 9.65. The number of amides is 1. The molecule has 2 aliphatic heterocycles. The number of hydrogen-bond donors (Lipinski definition) is 1. The molecule has 0 aromatic rings. The number of ether oxygens (including phenoxy) is 1. The summed E-state index contributed by atoms with van der Waals surface area (Å²) in [6.07, 6.45) is 8.64. The molecular weight excluding hydrogens is 455 g/mol. The van der Waals surface area contributed by atoms with Crippen LogP contribution in [-0.4, -0.2) is 73.6 Å². The minimum atomic E-state index is -0.194. The second-order valence-electron chi connectivity index (χ2n) is 8.47. The molecule has 7 heteroatoms. The van der Waals surface area contributed by atoms with Gasteiger partial charge in [-0.05, 0) is 56.8 Å². The lowest BCUT2D eigenvalue weighted by Gasteiger charge is -2.42. The van der Waals surface area contributed by atoms with Crippen LogP contribution in [0.5, 0.6) is 0 Å². The van der Waals surface area contributed by atoms with Gasteiger partial charge in [0.1, 0.15) is 6.10 Å². The van der Waals surface area contributed by atoms with E-state index in [9.17, 15) is 4.79 Å². The SMILES string of the molecule is CCNC(=NCC1(C2CC2)CCC1)N1CCN(C(=O)C2CCCO2)CC1.I. The first-order valence-corrected chi connectivity index (χ1v) is 10.7. The summed E-state index contributed by atoms with van der Waals surface area (Å²) in [6.45, 7) is 8.01. The van der Waals surface area contributed by atoms with E-state index >= 15 is 0 Å². The molecule has 0 bridgehead atoms.